The number of hydrogen-bond donors (Lipinski definition) is 0. The maximum Gasteiger partial charge on any atom is 0.190 e. The second-order valence-corrected chi connectivity index (χ2v) is 7.14. The van der Waals surface area contributed by atoms with Crippen LogP contribution in [0.5, 0.6) is 11.5 Å². The number of halogens is 2. The summed E-state index contributed by atoms with van der Waals surface area (Å²) in [7, 11) is 3.23. The molecule has 0 N–H and O–H groups in total. The lowest BCUT2D eigenvalue weighted by molar-refractivity contribution is 0.403. The first-order valence-corrected chi connectivity index (χ1v) is 9.78. The first-order valence-electron chi connectivity index (χ1n) is 8.90. The number of aromatic nitrogens is 1. The van der Waals surface area contributed by atoms with Crippen molar-refractivity contribution in [2.75, 3.05) is 14.2 Å². The highest BCUT2D eigenvalue weighted by atomic mass is 32.1. The molecule has 0 saturated heterocycles. The third kappa shape index (κ3) is 3.94. The lowest BCUT2D eigenvalue weighted by atomic mass is 10.1. The van der Waals surface area contributed by atoms with Gasteiger partial charge in [-0.25, -0.2) is 13.8 Å². The third-order valence-electron chi connectivity index (χ3n) is 4.58. The Morgan fingerprint density at radius 1 is 1.11 bits per heavy atom. The predicted molar refractivity (Wildman–Crippen MR) is 107 cm³/mol. The van der Waals surface area contributed by atoms with Gasteiger partial charge in [-0.1, -0.05) is 6.92 Å². The third-order valence-corrected chi connectivity index (χ3v) is 5.42. The first-order chi connectivity index (χ1) is 13.5. The predicted octanol–water partition coefficient (Wildman–Crippen LogP) is 5.72. The highest BCUT2D eigenvalue weighted by molar-refractivity contribution is 7.07. The van der Waals surface area contributed by atoms with Crippen LogP contribution < -0.4 is 14.3 Å². The topological polar surface area (TPSA) is 35.8 Å². The van der Waals surface area contributed by atoms with E-state index in [4.69, 9.17) is 9.47 Å². The van der Waals surface area contributed by atoms with Crippen LogP contribution in [0.15, 0.2) is 46.8 Å². The largest absolute Gasteiger partial charge is 0.497 e. The maximum absolute atomic E-state index is 14.1. The molecule has 0 radical (unpaired) electrons. The van der Waals surface area contributed by atoms with E-state index in [-0.39, 0.29) is 11.7 Å². The van der Waals surface area contributed by atoms with Gasteiger partial charge in [-0.3, -0.25) is 0 Å². The van der Waals surface area contributed by atoms with Crippen LogP contribution in [0, 0.1) is 11.6 Å². The van der Waals surface area contributed by atoms with Gasteiger partial charge in [-0.15, -0.1) is 11.3 Å². The number of rotatable bonds is 6. The van der Waals surface area contributed by atoms with Gasteiger partial charge in [0.1, 0.15) is 23.0 Å². The van der Waals surface area contributed by atoms with E-state index in [0.717, 1.165) is 23.7 Å². The second kappa shape index (κ2) is 8.56. The zero-order valence-corrected chi connectivity index (χ0v) is 17.0. The molecule has 1 aromatic heterocycles. The van der Waals surface area contributed by atoms with Crippen molar-refractivity contribution in [3.8, 4) is 22.8 Å². The van der Waals surface area contributed by atoms with Gasteiger partial charge in [0.25, 0.3) is 0 Å². The average molecular weight is 404 g/mol. The summed E-state index contributed by atoms with van der Waals surface area (Å²) in [5.74, 6) is 0.0970. The molecule has 3 rings (SSSR count). The number of benzene rings is 2. The van der Waals surface area contributed by atoms with Crippen LogP contribution in [0.25, 0.3) is 11.3 Å². The van der Waals surface area contributed by atoms with Crippen molar-refractivity contribution in [1.29, 1.82) is 0 Å². The summed E-state index contributed by atoms with van der Waals surface area (Å²) in [5, 5.41) is 1.96. The van der Waals surface area contributed by atoms with Crippen LogP contribution in [-0.2, 0) is 0 Å². The maximum atomic E-state index is 14.1. The van der Waals surface area contributed by atoms with Crippen LogP contribution >= 0.6 is 11.3 Å². The lowest BCUT2D eigenvalue weighted by Crippen LogP contribution is -2.19. The molecule has 1 atom stereocenters. The first kappa shape index (κ1) is 20.1. The van der Waals surface area contributed by atoms with Gasteiger partial charge in [-0.05, 0) is 43.7 Å². The minimum atomic E-state index is -0.690. The Morgan fingerprint density at radius 3 is 2.54 bits per heavy atom. The fourth-order valence-electron chi connectivity index (χ4n) is 2.90. The van der Waals surface area contributed by atoms with E-state index in [1.165, 1.54) is 23.5 Å². The van der Waals surface area contributed by atoms with Crippen molar-refractivity contribution in [2.24, 2.45) is 4.99 Å². The van der Waals surface area contributed by atoms with Crippen LogP contribution in [0.4, 0.5) is 14.5 Å². The molecule has 0 spiro atoms. The summed E-state index contributed by atoms with van der Waals surface area (Å²) < 4.78 is 40.3. The molecule has 0 amide bonds. The Hall–Kier alpha value is -2.67. The summed E-state index contributed by atoms with van der Waals surface area (Å²) in [6.07, 6.45) is 0.856. The Labute approximate surface area is 166 Å². The fourth-order valence-corrected chi connectivity index (χ4v) is 3.90. The fraction of sp³-hybridized carbons (Fsp3) is 0.286. The molecule has 0 saturated carbocycles. The number of methoxy groups -OCH3 is 2. The van der Waals surface area contributed by atoms with E-state index in [1.54, 1.807) is 14.2 Å². The van der Waals surface area contributed by atoms with E-state index >= 15 is 0 Å². The van der Waals surface area contributed by atoms with Crippen molar-refractivity contribution in [2.45, 2.75) is 26.3 Å². The SMILES string of the molecule is CCC(C)n1c(-c2cc(OC)ccc2OC)csc1=Nc1ccc(F)cc1F. The molecule has 28 heavy (non-hydrogen) atoms. The van der Waals surface area contributed by atoms with E-state index < -0.39 is 11.6 Å². The van der Waals surface area contributed by atoms with Crippen molar-refractivity contribution in [3.63, 3.8) is 0 Å². The molecular formula is C21H22F2N2O2S. The summed E-state index contributed by atoms with van der Waals surface area (Å²) in [4.78, 5) is 5.09. The standard InChI is InChI=1S/C21H22F2N2O2S/c1-5-13(2)25-19(16-11-15(26-3)7-9-20(16)27-4)12-28-21(25)24-18-8-6-14(22)10-17(18)23/h6-13H,5H2,1-4H3. The highest BCUT2D eigenvalue weighted by Gasteiger charge is 2.17. The molecular weight excluding hydrogens is 382 g/mol. The van der Waals surface area contributed by atoms with E-state index in [0.29, 0.717) is 16.3 Å². The Balaban J connectivity index is 2.24. The normalized spacial score (nSPS) is 12.9. The highest BCUT2D eigenvalue weighted by Crippen LogP contribution is 2.35. The average Bonchev–Trinajstić information content (AvgIpc) is 3.12. The Morgan fingerprint density at radius 2 is 1.89 bits per heavy atom. The van der Waals surface area contributed by atoms with Gasteiger partial charge in [-0.2, -0.15) is 0 Å². The monoisotopic (exact) mass is 404 g/mol. The molecule has 3 aromatic rings. The van der Waals surface area contributed by atoms with Crippen LogP contribution in [0.2, 0.25) is 0 Å². The Kier molecular flexibility index (Phi) is 6.14. The number of thiazole rings is 1. The van der Waals surface area contributed by atoms with Gasteiger partial charge < -0.3 is 14.0 Å². The minimum absolute atomic E-state index is 0.101. The molecule has 0 aliphatic rings. The quantitative estimate of drug-likeness (QED) is 0.527. The zero-order valence-electron chi connectivity index (χ0n) is 16.2. The molecule has 148 valence electrons. The molecule has 0 aliphatic carbocycles. The van der Waals surface area contributed by atoms with E-state index in [2.05, 4.69) is 18.8 Å². The van der Waals surface area contributed by atoms with Crippen LogP contribution in [-0.4, -0.2) is 18.8 Å². The van der Waals surface area contributed by atoms with Gasteiger partial charge in [0.05, 0.1) is 19.9 Å². The molecule has 7 heteroatoms. The minimum Gasteiger partial charge on any atom is -0.497 e. The smallest absolute Gasteiger partial charge is 0.190 e. The van der Waals surface area contributed by atoms with E-state index in [9.17, 15) is 8.78 Å². The van der Waals surface area contributed by atoms with Crippen molar-refractivity contribution in [3.05, 3.63) is 58.2 Å². The van der Waals surface area contributed by atoms with Crippen molar-refractivity contribution in [1.82, 2.24) is 4.57 Å². The van der Waals surface area contributed by atoms with Crippen LogP contribution in [0.3, 0.4) is 0 Å². The molecule has 2 aromatic carbocycles. The lowest BCUT2D eigenvalue weighted by Gasteiger charge is -2.17. The summed E-state index contributed by atoms with van der Waals surface area (Å²) in [6, 6.07) is 9.09. The number of ether oxygens (including phenoxy) is 2. The molecule has 0 bridgehead atoms. The second-order valence-electron chi connectivity index (χ2n) is 6.30. The van der Waals surface area contributed by atoms with Gasteiger partial charge in [0.15, 0.2) is 10.6 Å². The van der Waals surface area contributed by atoms with Crippen molar-refractivity contribution < 1.29 is 18.3 Å². The van der Waals surface area contributed by atoms with Gasteiger partial charge in [0, 0.05) is 23.1 Å². The van der Waals surface area contributed by atoms with Gasteiger partial charge >= 0.3 is 0 Å². The summed E-state index contributed by atoms with van der Waals surface area (Å²) in [6.45, 7) is 4.15. The zero-order chi connectivity index (χ0) is 20.3. The molecule has 0 fully saturated rings. The van der Waals surface area contributed by atoms with Gasteiger partial charge in [0.2, 0.25) is 0 Å². The Bertz CT molecular complexity index is 1040. The molecule has 4 nitrogen and oxygen atoms in total. The summed E-state index contributed by atoms with van der Waals surface area (Å²) in [5.41, 5.74) is 1.86. The number of hydrogen-bond acceptors (Lipinski definition) is 4. The van der Waals surface area contributed by atoms with Crippen LogP contribution in [0.1, 0.15) is 26.3 Å². The van der Waals surface area contributed by atoms with E-state index in [1.807, 2.05) is 28.1 Å². The molecule has 0 aliphatic heterocycles. The molecule has 1 heterocycles. The van der Waals surface area contributed by atoms with Crippen molar-refractivity contribution >= 4 is 17.0 Å². The summed E-state index contributed by atoms with van der Waals surface area (Å²) >= 11 is 1.39. The number of nitrogens with zero attached hydrogens (tertiary/aromatic N) is 2. The molecule has 1 unspecified atom stereocenters.